The molecule has 5 nitrogen and oxygen atoms in total. The lowest BCUT2D eigenvalue weighted by Crippen LogP contribution is -2.49. The molecule has 3 rings (SSSR count). The Balaban J connectivity index is 1.80. The lowest BCUT2D eigenvalue weighted by Gasteiger charge is -2.41. The molecule has 25 heavy (non-hydrogen) atoms. The minimum absolute atomic E-state index is 0.0673. The summed E-state index contributed by atoms with van der Waals surface area (Å²) in [5, 5.41) is 0. The van der Waals surface area contributed by atoms with Gasteiger partial charge in [-0.25, -0.2) is 4.98 Å². The van der Waals surface area contributed by atoms with Crippen molar-refractivity contribution in [3.63, 3.8) is 0 Å². The van der Waals surface area contributed by atoms with Crippen LogP contribution in [-0.2, 0) is 22.5 Å². The summed E-state index contributed by atoms with van der Waals surface area (Å²) in [6.45, 7) is 6.81. The molecule has 1 aromatic heterocycles. The molecule has 1 saturated heterocycles. The first-order valence-electron chi connectivity index (χ1n) is 9.05. The third-order valence-electron chi connectivity index (χ3n) is 5.06. The number of esters is 1. The fraction of sp³-hybridized carbons (Fsp3) is 0.500. The molecule has 0 saturated carbocycles. The van der Waals surface area contributed by atoms with Gasteiger partial charge in [-0.3, -0.25) is 9.69 Å². The molecule has 0 unspecified atom stereocenters. The van der Waals surface area contributed by atoms with Crippen LogP contribution in [-0.4, -0.2) is 40.5 Å². The molecule has 1 aliphatic heterocycles. The van der Waals surface area contributed by atoms with E-state index >= 15 is 0 Å². The van der Waals surface area contributed by atoms with Crippen LogP contribution in [0.5, 0.6) is 0 Å². The molecular weight excluding hydrogens is 314 g/mol. The number of likely N-dealkylation sites (tertiary alicyclic amines) is 1. The summed E-state index contributed by atoms with van der Waals surface area (Å²) in [5.41, 5.74) is 2.86. The molecule has 5 heteroatoms. The highest BCUT2D eigenvalue weighted by Gasteiger charge is 2.43. The van der Waals surface area contributed by atoms with Gasteiger partial charge in [-0.15, -0.1) is 0 Å². The molecule has 2 heterocycles. The molecule has 1 aliphatic rings. The van der Waals surface area contributed by atoms with Gasteiger partial charge in [0, 0.05) is 18.8 Å². The summed E-state index contributed by atoms with van der Waals surface area (Å²) in [6, 6.07) is 10.3. The van der Waals surface area contributed by atoms with Gasteiger partial charge in [-0.05, 0) is 45.2 Å². The lowest BCUT2D eigenvalue weighted by molar-refractivity contribution is -0.159. The Labute approximate surface area is 149 Å². The second kappa shape index (κ2) is 7.83. The zero-order chi connectivity index (χ0) is 17.7. The van der Waals surface area contributed by atoms with Crippen LogP contribution in [0.1, 0.15) is 36.7 Å². The van der Waals surface area contributed by atoms with Crippen LogP contribution in [0.3, 0.4) is 0 Å². The predicted octanol–water partition coefficient (Wildman–Crippen LogP) is 3.11. The number of carbonyl (C=O) groups is 1. The van der Waals surface area contributed by atoms with Gasteiger partial charge in [0.1, 0.15) is 0 Å². The van der Waals surface area contributed by atoms with Gasteiger partial charge in [0.15, 0.2) is 0 Å². The first kappa shape index (κ1) is 17.7. The minimum Gasteiger partial charge on any atom is -0.466 e. The van der Waals surface area contributed by atoms with Gasteiger partial charge < -0.3 is 9.72 Å². The quantitative estimate of drug-likeness (QED) is 0.820. The maximum absolute atomic E-state index is 12.9. The molecule has 1 fully saturated rings. The van der Waals surface area contributed by atoms with Crippen molar-refractivity contribution in [2.45, 2.75) is 39.7 Å². The first-order chi connectivity index (χ1) is 12.1. The fourth-order valence-corrected chi connectivity index (χ4v) is 3.77. The van der Waals surface area contributed by atoms with Crippen LogP contribution in [0.2, 0.25) is 0 Å². The van der Waals surface area contributed by atoms with E-state index in [9.17, 15) is 4.79 Å². The van der Waals surface area contributed by atoms with E-state index in [0.717, 1.165) is 43.7 Å². The van der Waals surface area contributed by atoms with Gasteiger partial charge in [-0.1, -0.05) is 30.3 Å². The van der Waals surface area contributed by atoms with Crippen molar-refractivity contribution < 1.29 is 9.53 Å². The number of piperidine rings is 1. The number of nitrogens with one attached hydrogen (secondary N) is 1. The number of nitrogens with zero attached hydrogens (tertiary/aromatic N) is 2. The second-order valence-corrected chi connectivity index (χ2v) is 6.95. The van der Waals surface area contributed by atoms with Crippen molar-refractivity contribution in [3.05, 3.63) is 53.6 Å². The number of aryl methyl sites for hydroxylation is 1. The van der Waals surface area contributed by atoms with Gasteiger partial charge in [0.2, 0.25) is 0 Å². The summed E-state index contributed by atoms with van der Waals surface area (Å²) >= 11 is 0. The van der Waals surface area contributed by atoms with E-state index < -0.39 is 5.41 Å². The third kappa shape index (κ3) is 4.10. The smallest absolute Gasteiger partial charge is 0.313 e. The molecule has 0 aliphatic carbocycles. The van der Waals surface area contributed by atoms with E-state index in [4.69, 9.17) is 4.74 Å². The Bertz CT molecular complexity index is 698. The number of benzene rings is 1. The van der Waals surface area contributed by atoms with Crippen LogP contribution in [0.15, 0.2) is 36.7 Å². The van der Waals surface area contributed by atoms with E-state index in [1.165, 1.54) is 5.56 Å². The van der Waals surface area contributed by atoms with Crippen molar-refractivity contribution >= 4 is 5.97 Å². The number of imidazole rings is 1. The van der Waals surface area contributed by atoms with Crippen LogP contribution in [0, 0.1) is 12.3 Å². The van der Waals surface area contributed by atoms with Gasteiger partial charge in [0.05, 0.1) is 24.0 Å². The van der Waals surface area contributed by atoms with Crippen molar-refractivity contribution in [3.8, 4) is 0 Å². The Kier molecular flexibility index (Phi) is 5.53. The van der Waals surface area contributed by atoms with Gasteiger partial charge in [-0.2, -0.15) is 0 Å². The Morgan fingerprint density at radius 2 is 2.16 bits per heavy atom. The molecule has 0 amide bonds. The van der Waals surface area contributed by atoms with E-state index in [1.807, 2.05) is 32.0 Å². The maximum atomic E-state index is 12.9. The minimum atomic E-state index is -0.472. The number of hydrogen-bond donors (Lipinski definition) is 1. The lowest BCUT2D eigenvalue weighted by atomic mass is 9.75. The topological polar surface area (TPSA) is 58.2 Å². The molecule has 0 radical (unpaired) electrons. The summed E-state index contributed by atoms with van der Waals surface area (Å²) in [4.78, 5) is 22.8. The number of hydrogen-bond acceptors (Lipinski definition) is 4. The number of aromatic nitrogens is 2. The molecule has 0 spiro atoms. The van der Waals surface area contributed by atoms with E-state index in [1.54, 1.807) is 6.33 Å². The van der Waals surface area contributed by atoms with E-state index in [0.29, 0.717) is 13.2 Å². The third-order valence-corrected chi connectivity index (χ3v) is 5.06. The number of carbonyl (C=O) groups excluding carboxylic acids is 1. The zero-order valence-electron chi connectivity index (χ0n) is 15.1. The molecular formula is C20H27N3O2. The van der Waals surface area contributed by atoms with Crippen molar-refractivity contribution in [1.82, 2.24) is 14.9 Å². The average Bonchev–Trinajstić information content (AvgIpc) is 3.01. The number of aromatic amines is 1. The summed E-state index contributed by atoms with van der Waals surface area (Å²) < 4.78 is 5.48. The predicted molar refractivity (Wildman–Crippen MR) is 97.0 cm³/mol. The monoisotopic (exact) mass is 341 g/mol. The molecule has 1 aromatic carbocycles. The highest BCUT2D eigenvalue weighted by atomic mass is 16.5. The Hall–Kier alpha value is -2.14. The normalized spacial score (nSPS) is 21.2. The summed E-state index contributed by atoms with van der Waals surface area (Å²) in [5.74, 6) is -0.0673. The average molecular weight is 341 g/mol. The highest BCUT2D eigenvalue weighted by molar-refractivity contribution is 5.77. The van der Waals surface area contributed by atoms with Crippen LogP contribution < -0.4 is 0 Å². The Morgan fingerprint density at radius 3 is 2.84 bits per heavy atom. The molecule has 0 bridgehead atoms. The van der Waals surface area contributed by atoms with E-state index in [-0.39, 0.29) is 5.97 Å². The van der Waals surface area contributed by atoms with Gasteiger partial charge >= 0.3 is 5.97 Å². The summed E-state index contributed by atoms with van der Waals surface area (Å²) in [7, 11) is 0. The number of H-pyrrole nitrogens is 1. The summed E-state index contributed by atoms with van der Waals surface area (Å²) in [6.07, 6.45) is 4.33. The SMILES string of the molecule is CCOC(=O)[C@@]1(Cc2ccccc2)CCCN(Cc2nc[nH]c2C)C1. The fourth-order valence-electron chi connectivity index (χ4n) is 3.77. The molecule has 1 atom stereocenters. The van der Waals surface area contributed by atoms with Crippen molar-refractivity contribution in [1.29, 1.82) is 0 Å². The number of rotatable bonds is 6. The van der Waals surface area contributed by atoms with Crippen molar-refractivity contribution in [2.24, 2.45) is 5.41 Å². The number of ether oxygens (including phenoxy) is 1. The molecule has 2 aromatic rings. The highest BCUT2D eigenvalue weighted by Crippen LogP contribution is 2.36. The molecule has 1 N–H and O–H groups in total. The van der Waals surface area contributed by atoms with Crippen molar-refractivity contribution in [2.75, 3.05) is 19.7 Å². The standard InChI is InChI=1S/C20H27N3O2/c1-3-25-19(24)20(12-17-8-5-4-6-9-17)10-7-11-23(14-20)13-18-16(2)21-15-22-18/h4-6,8-9,15H,3,7,10-14H2,1-2H3,(H,21,22)/t20-/m1/s1. The van der Waals surface area contributed by atoms with Crippen LogP contribution in [0.4, 0.5) is 0 Å². The largest absolute Gasteiger partial charge is 0.466 e. The maximum Gasteiger partial charge on any atom is 0.313 e. The van der Waals surface area contributed by atoms with Gasteiger partial charge in [0.25, 0.3) is 0 Å². The molecule has 134 valence electrons. The van der Waals surface area contributed by atoms with E-state index in [2.05, 4.69) is 27.0 Å². The second-order valence-electron chi connectivity index (χ2n) is 6.95. The van der Waals surface area contributed by atoms with Crippen LogP contribution in [0.25, 0.3) is 0 Å². The first-order valence-corrected chi connectivity index (χ1v) is 9.05. The Morgan fingerprint density at radius 1 is 1.36 bits per heavy atom. The zero-order valence-corrected chi connectivity index (χ0v) is 15.1. The van der Waals surface area contributed by atoms with Crippen LogP contribution >= 0.6 is 0 Å².